The third kappa shape index (κ3) is 1.06. The number of carbonyl (C=O) groups is 1. The molecule has 0 saturated carbocycles. The number of pyridine rings is 1. The number of amides is 1. The highest BCUT2D eigenvalue weighted by molar-refractivity contribution is 6.09. The molecular weight excluding hydrogens is 188 g/mol. The average Bonchev–Trinajstić information content (AvgIpc) is 2.26. The lowest BCUT2D eigenvalue weighted by atomic mass is 9.92. The second kappa shape index (κ2) is 2.79. The Morgan fingerprint density at radius 3 is 3.07 bits per heavy atom. The fraction of sp³-hybridized carbons (Fsp3) is 0.167. The Kier molecular flexibility index (Phi) is 1.57. The fourth-order valence-corrected chi connectivity index (χ4v) is 2.08. The van der Waals surface area contributed by atoms with Crippen LogP contribution < -0.4 is 5.32 Å². The summed E-state index contributed by atoms with van der Waals surface area (Å²) in [5.41, 5.74) is 1.07. The molecule has 0 fully saturated rings. The van der Waals surface area contributed by atoms with Gasteiger partial charge >= 0.3 is 0 Å². The molecule has 2 heterocycles. The summed E-state index contributed by atoms with van der Waals surface area (Å²) in [5.74, 6) is 0.616. The summed E-state index contributed by atoms with van der Waals surface area (Å²) < 4.78 is 0. The van der Waals surface area contributed by atoms with Crippen LogP contribution in [0, 0.1) is 0 Å². The molecule has 1 aliphatic heterocycles. The Bertz CT molecular complexity index is 557. The smallest absolute Gasteiger partial charge is 0.232 e. The summed E-state index contributed by atoms with van der Waals surface area (Å²) >= 11 is 0. The van der Waals surface area contributed by atoms with E-state index in [0.29, 0.717) is 5.82 Å². The van der Waals surface area contributed by atoms with Crippen LogP contribution in [0.5, 0.6) is 0 Å². The maximum absolute atomic E-state index is 11.6. The summed E-state index contributed by atoms with van der Waals surface area (Å²) in [6.07, 6.45) is 1.72. The topological polar surface area (TPSA) is 42.0 Å². The van der Waals surface area contributed by atoms with Crippen LogP contribution in [0.4, 0.5) is 5.82 Å². The minimum Gasteiger partial charge on any atom is -0.310 e. The highest BCUT2D eigenvalue weighted by Crippen LogP contribution is 2.34. The van der Waals surface area contributed by atoms with E-state index in [9.17, 15) is 4.79 Å². The molecule has 0 bridgehead atoms. The number of carbonyl (C=O) groups excluding carboxylic acids is 1. The predicted octanol–water partition coefficient (Wildman–Crippen LogP) is 2.29. The van der Waals surface area contributed by atoms with Gasteiger partial charge in [0.25, 0.3) is 0 Å². The van der Waals surface area contributed by atoms with Gasteiger partial charge in [0.05, 0.1) is 5.92 Å². The maximum Gasteiger partial charge on any atom is 0.232 e. The van der Waals surface area contributed by atoms with E-state index in [1.54, 1.807) is 6.20 Å². The van der Waals surface area contributed by atoms with Gasteiger partial charge in [0, 0.05) is 11.6 Å². The van der Waals surface area contributed by atoms with Crippen molar-refractivity contribution in [3.63, 3.8) is 0 Å². The molecule has 1 unspecified atom stereocenters. The van der Waals surface area contributed by atoms with Crippen LogP contribution in [-0.4, -0.2) is 10.9 Å². The van der Waals surface area contributed by atoms with Crippen LogP contribution in [0.2, 0.25) is 0 Å². The van der Waals surface area contributed by atoms with Crippen molar-refractivity contribution in [1.29, 1.82) is 0 Å². The lowest BCUT2D eigenvalue weighted by Crippen LogP contribution is -2.24. The standard InChI is InChI=1S/C12H10N2O/c1-7-9-4-2-3-8-5-6-13-11(10(8)9)14-12(7)15/h2-7H,1H3,(H,13,14,15). The molecule has 0 aliphatic carbocycles. The van der Waals surface area contributed by atoms with Crippen LogP contribution in [0.15, 0.2) is 30.5 Å². The maximum atomic E-state index is 11.6. The van der Waals surface area contributed by atoms with E-state index in [2.05, 4.69) is 10.3 Å². The van der Waals surface area contributed by atoms with E-state index < -0.39 is 0 Å². The van der Waals surface area contributed by atoms with Crippen molar-refractivity contribution in [2.45, 2.75) is 12.8 Å². The molecule has 3 rings (SSSR count). The van der Waals surface area contributed by atoms with E-state index in [4.69, 9.17) is 0 Å². The third-order valence-corrected chi connectivity index (χ3v) is 2.92. The summed E-state index contributed by atoms with van der Waals surface area (Å²) in [6.45, 7) is 1.92. The number of hydrogen-bond acceptors (Lipinski definition) is 2. The molecule has 1 aromatic heterocycles. The molecule has 74 valence electrons. The van der Waals surface area contributed by atoms with Crippen molar-refractivity contribution in [1.82, 2.24) is 4.98 Å². The zero-order valence-electron chi connectivity index (χ0n) is 8.32. The SMILES string of the molecule is CC1C(=O)Nc2nccc3cccc1c23. The molecule has 1 aromatic carbocycles. The van der Waals surface area contributed by atoms with Gasteiger partial charge in [-0.3, -0.25) is 4.79 Å². The van der Waals surface area contributed by atoms with Gasteiger partial charge in [0.1, 0.15) is 5.82 Å². The first-order chi connectivity index (χ1) is 7.27. The molecule has 2 aromatic rings. The Morgan fingerprint density at radius 1 is 1.33 bits per heavy atom. The monoisotopic (exact) mass is 198 g/mol. The lowest BCUT2D eigenvalue weighted by molar-refractivity contribution is -0.117. The van der Waals surface area contributed by atoms with E-state index in [1.165, 1.54) is 0 Å². The molecular formula is C12H10N2O. The number of benzene rings is 1. The summed E-state index contributed by atoms with van der Waals surface area (Å²) in [5, 5.41) is 5.03. The summed E-state index contributed by atoms with van der Waals surface area (Å²) in [4.78, 5) is 15.8. The number of nitrogens with zero attached hydrogens (tertiary/aromatic N) is 1. The first-order valence-corrected chi connectivity index (χ1v) is 4.96. The molecule has 0 saturated heterocycles. The van der Waals surface area contributed by atoms with E-state index in [-0.39, 0.29) is 11.8 Å². The second-order valence-corrected chi connectivity index (χ2v) is 3.82. The number of aromatic nitrogens is 1. The first kappa shape index (κ1) is 8.41. The van der Waals surface area contributed by atoms with Crippen molar-refractivity contribution in [3.05, 3.63) is 36.0 Å². The largest absolute Gasteiger partial charge is 0.310 e. The Labute approximate surface area is 87.1 Å². The van der Waals surface area contributed by atoms with Crippen molar-refractivity contribution >= 4 is 22.5 Å². The summed E-state index contributed by atoms with van der Waals surface area (Å²) in [6, 6.07) is 7.98. The van der Waals surface area contributed by atoms with Crippen molar-refractivity contribution in [2.24, 2.45) is 0 Å². The van der Waals surface area contributed by atoms with Crippen LogP contribution in [0.1, 0.15) is 18.4 Å². The highest BCUT2D eigenvalue weighted by atomic mass is 16.2. The van der Waals surface area contributed by atoms with Crippen molar-refractivity contribution in [2.75, 3.05) is 5.32 Å². The molecule has 3 nitrogen and oxygen atoms in total. The molecule has 3 heteroatoms. The normalized spacial score (nSPS) is 19.0. The third-order valence-electron chi connectivity index (χ3n) is 2.92. The van der Waals surface area contributed by atoms with Crippen LogP contribution in [0.3, 0.4) is 0 Å². The van der Waals surface area contributed by atoms with Gasteiger partial charge in [-0.25, -0.2) is 4.98 Å². The van der Waals surface area contributed by atoms with Crippen molar-refractivity contribution in [3.8, 4) is 0 Å². The average molecular weight is 198 g/mol. The molecule has 0 spiro atoms. The molecule has 1 atom stereocenters. The van der Waals surface area contributed by atoms with Gasteiger partial charge in [-0.05, 0) is 23.9 Å². The van der Waals surface area contributed by atoms with Crippen LogP contribution >= 0.6 is 0 Å². The number of hydrogen-bond donors (Lipinski definition) is 1. The summed E-state index contributed by atoms with van der Waals surface area (Å²) in [7, 11) is 0. The number of anilines is 1. The molecule has 0 radical (unpaired) electrons. The molecule has 15 heavy (non-hydrogen) atoms. The van der Waals surface area contributed by atoms with E-state index >= 15 is 0 Å². The van der Waals surface area contributed by atoms with Gasteiger partial charge in [0.15, 0.2) is 0 Å². The van der Waals surface area contributed by atoms with E-state index in [1.807, 2.05) is 31.2 Å². The first-order valence-electron chi connectivity index (χ1n) is 4.96. The minimum atomic E-state index is -0.0922. The molecule has 1 amide bonds. The van der Waals surface area contributed by atoms with Crippen LogP contribution in [0.25, 0.3) is 10.8 Å². The van der Waals surface area contributed by atoms with Gasteiger partial charge in [-0.15, -0.1) is 0 Å². The minimum absolute atomic E-state index is 0.0219. The molecule has 1 aliphatic rings. The van der Waals surface area contributed by atoms with Gasteiger partial charge in [-0.2, -0.15) is 0 Å². The van der Waals surface area contributed by atoms with E-state index in [0.717, 1.165) is 16.3 Å². The molecule has 1 N–H and O–H groups in total. The quantitative estimate of drug-likeness (QED) is 0.705. The van der Waals surface area contributed by atoms with Crippen LogP contribution in [-0.2, 0) is 4.79 Å². The van der Waals surface area contributed by atoms with Gasteiger partial charge in [-0.1, -0.05) is 18.2 Å². The number of rotatable bonds is 0. The Hall–Kier alpha value is -1.90. The van der Waals surface area contributed by atoms with Crippen molar-refractivity contribution < 1.29 is 4.79 Å². The second-order valence-electron chi connectivity index (χ2n) is 3.82. The van der Waals surface area contributed by atoms with Gasteiger partial charge in [0.2, 0.25) is 5.91 Å². The zero-order chi connectivity index (χ0) is 10.4. The lowest BCUT2D eigenvalue weighted by Gasteiger charge is -2.21. The fourth-order valence-electron chi connectivity index (χ4n) is 2.08. The predicted molar refractivity (Wildman–Crippen MR) is 58.8 cm³/mol. The highest BCUT2D eigenvalue weighted by Gasteiger charge is 2.25. The Balaban J connectivity index is 2.46. The zero-order valence-corrected chi connectivity index (χ0v) is 8.32. The van der Waals surface area contributed by atoms with Gasteiger partial charge < -0.3 is 5.32 Å². The Morgan fingerprint density at radius 2 is 2.20 bits per heavy atom. The number of nitrogens with one attached hydrogen (secondary N) is 1.